The fourth-order valence-electron chi connectivity index (χ4n) is 3.71. The zero-order chi connectivity index (χ0) is 26.5. The molecule has 7 nitrogen and oxygen atoms in total. The van der Waals surface area contributed by atoms with Gasteiger partial charge in [-0.05, 0) is 101 Å². The second kappa shape index (κ2) is 11.8. The zero-order valence-electron chi connectivity index (χ0n) is 20.5. The Morgan fingerprint density at radius 1 is 1.03 bits per heavy atom. The monoisotopic (exact) mass is 628 g/mol. The van der Waals surface area contributed by atoms with Crippen molar-refractivity contribution in [2.24, 2.45) is 0 Å². The standard InChI is InChI=1S/C28H25IN2O5S/c1-17-4-10-22(18(2)12-17)30-26(32)15-31-27(33)25(37-28(31)34)14-20-7-11-23(24(13-20)35-3)36-16-19-5-8-21(29)9-6-19/h4-14H,15-16H2,1-3H3,(H,30,32)/b25-14-. The molecule has 1 N–H and O–H groups in total. The highest BCUT2D eigenvalue weighted by atomic mass is 127. The van der Waals surface area contributed by atoms with Gasteiger partial charge in [-0.15, -0.1) is 0 Å². The van der Waals surface area contributed by atoms with E-state index in [2.05, 4.69) is 27.9 Å². The van der Waals surface area contributed by atoms with Gasteiger partial charge in [0, 0.05) is 9.26 Å². The minimum absolute atomic E-state index is 0.235. The second-order valence-corrected chi connectivity index (χ2v) is 10.7. The van der Waals surface area contributed by atoms with E-state index < -0.39 is 17.1 Å². The smallest absolute Gasteiger partial charge is 0.294 e. The maximum absolute atomic E-state index is 12.9. The molecule has 0 atom stereocenters. The molecule has 1 heterocycles. The molecule has 37 heavy (non-hydrogen) atoms. The third-order valence-electron chi connectivity index (χ3n) is 5.62. The first-order valence-electron chi connectivity index (χ1n) is 11.4. The highest BCUT2D eigenvalue weighted by molar-refractivity contribution is 14.1. The van der Waals surface area contributed by atoms with E-state index in [4.69, 9.17) is 9.47 Å². The van der Waals surface area contributed by atoms with Crippen molar-refractivity contribution < 1.29 is 23.9 Å². The molecule has 1 aliphatic heterocycles. The van der Waals surface area contributed by atoms with Gasteiger partial charge in [0.25, 0.3) is 11.1 Å². The molecule has 1 saturated heterocycles. The number of hydrogen-bond acceptors (Lipinski definition) is 6. The van der Waals surface area contributed by atoms with Crippen LogP contribution in [0.5, 0.6) is 11.5 Å². The molecule has 190 valence electrons. The van der Waals surface area contributed by atoms with Crippen LogP contribution >= 0.6 is 34.4 Å². The van der Waals surface area contributed by atoms with Crippen molar-refractivity contribution in [2.45, 2.75) is 20.5 Å². The summed E-state index contributed by atoms with van der Waals surface area (Å²) in [5.41, 5.74) is 4.33. The molecule has 0 aliphatic carbocycles. The number of ether oxygens (including phenoxy) is 2. The van der Waals surface area contributed by atoms with Crippen molar-refractivity contribution in [3.63, 3.8) is 0 Å². The van der Waals surface area contributed by atoms with Crippen LogP contribution in [0.4, 0.5) is 10.5 Å². The summed E-state index contributed by atoms with van der Waals surface area (Å²) in [5, 5.41) is 2.28. The van der Waals surface area contributed by atoms with Crippen LogP contribution in [-0.2, 0) is 16.2 Å². The number of carbonyl (C=O) groups excluding carboxylic acids is 3. The van der Waals surface area contributed by atoms with Crippen LogP contribution in [-0.4, -0.2) is 35.6 Å². The molecule has 3 aromatic carbocycles. The summed E-state index contributed by atoms with van der Waals surface area (Å²) >= 11 is 3.05. The summed E-state index contributed by atoms with van der Waals surface area (Å²) in [4.78, 5) is 39.1. The summed E-state index contributed by atoms with van der Waals surface area (Å²) in [6.45, 7) is 3.88. The van der Waals surface area contributed by atoms with Gasteiger partial charge in [-0.1, -0.05) is 35.9 Å². The van der Waals surface area contributed by atoms with E-state index in [1.165, 1.54) is 0 Å². The number of carbonyl (C=O) groups is 3. The fourth-order valence-corrected chi connectivity index (χ4v) is 4.91. The average molecular weight is 628 g/mol. The highest BCUT2D eigenvalue weighted by Gasteiger charge is 2.36. The molecule has 0 bridgehead atoms. The van der Waals surface area contributed by atoms with Crippen LogP contribution in [0.25, 0.3) is 6.08 Å². The van der Waals surface area contributed by atoms with Gasteiger partial charge in [0.2, 0.25) is 5.91 Å². The summed E-state index contributed by atoms with van der Waals surface area (Å²) in [6.07, 6.45) is 1.61. The molecule has 0 spiro atoms. The van der Waals surface area contributed by atoms with Gasteiger partial charge in [-0.2, -0.15) is 0 Å². The maximum Gasteiger partial charge on any atom is 0.294 e. The van der Waals surface area contributed by atoms with Gasteiger partial charge in [-0.3, -0.25) is 19.3 Å². The molecule has 9 heteroatoms. The van der Waals surface area contributed by atoms with Crippen LogP contribution in [0, 0.1) is 17.4 Å². The van der Waals surface area contributed by atoms with Crippen molar-refractivity contribution in [2.75, 3.05) is 19.0 Å². The van der Waals surface area contributed by atoms with Crippen molar-refractivity contribution in [3.05, 3.63) is 91.4 Å². The summed E-state index contributed by atoms with van der Waals surface area (Å²) in [7, 11) is 1.54. The van der Waals surface area contributed by atoms with Crippen LogP contribution < -0.4 is 14.8 Å². The van der Waals surface area contributed by atoms with Gasteiger partial charge in [0.05, 0.1) is 12.0 Å². The van der Waals surface area contributed by atoms with E-state index in [1.54, 1.807) is 37.5 Å². The van der Waals surface area contributed by atoms with Crippen molar-refractivity contribution in [3.8, 4) is 11.5 Å². The van der Waals surface area contributed by atoms with Gasteiger partial charge in [0.1, 0.15) is 13.2 Å². The Hall–Kier alpha value is -3.31. The minimum Gasteiger partial charge on any atom is -0.493 e. The molecule has 3 aromatic rings. The molecule has 3 amide bonds. The molecular formula is C28H25IN2O5S. The van der Waals surface area contributed by atoms with Crippen molar-refractivity contribution in [1.82, 2.24) is 4.90 Å². The van der Waals surface area contributed by atoms with Crippen LogP contribution in [0.3, 0.4) is 0 Å². The van der Waals surface area contributed by atoms with Gasteiger partial charge in [0.15, 0.2) is 11.5 Å². The molecule has 4 rings (SSSR count). The third-order valence-corrected chi connectivity index (χ3v) is 7.25. The highest BCUT2D eigenvalue weighted by Crippen LogP contribution is 2.35. The average Bonchev–Trinajstić information content (AvgIpc) is 3.13. The number of amides is 3. The lowest BCUT2D eigenvalue weighted by Crippen LogP contribution is -2.36. The molecule has 0 unspecified atom stereocenters. The molecule has 0 saturated carbocycles. The second-order valence-electron chi connectivity index (χ2n) is 8.46. The Morgan fingerprint density at radius 2 is 1.78 bits per heavy atom. The predicted molar refractivity (Wildman–Crippen MR) is 154 cm³/mol. The number of aryl methyl sites for hydroxylation is 2. The molecular weight excluding hydrogens is 603 g/mol. The number of nitrogens with one attached hydrogen (secondary N) is 1. The van der Waals surface area contributed by atoms with Crippen LogP contribution in [0.1, 0.15) is 22.3 Å². The number of thioether (sulfide) groups is 1. The lowest BCUT2D eigenvalue weighted by molar-refractivity contribution is -0.127. The Balaban J connectivity index is 1.42. The van der Waals surface area contributed by atoms with E-state index in [0.717, 1.165) is 36.9 Å². The topological polar surface area (TPSA) is 84.9 Å². The fraction of sp³-hybridized carbons (Fsp3) is 0.179. The largest absolute Gasteiger partial charge is 0.493 e. The van der Waals surface area contributed by atoms with Crippen molar-refractivity contribution >= 4 is 63.2 Å². The van der Waals surface area contributed by atoms with Gasteiger partial charge >= 0.3 is 0 Å². The molecule has 1 fully saturated rings. The summed E-state index contributed by atoms with van der Waals surface area (Å²) in [5.74, 6) is 0.122. The summed E-state index contributed by atoms with van der Waals surface area (Å²) in [6, 6.07) is 19.0. The maximum atomic E-state index is 12.9. The van der Waals surface area contributed by atoms with E-state index in [9.17, 15) is 14.4 Å². The summed E-state index contributed by atoms with van der Waals surface area (Å²) < 4.78 is 12.5. The third kappa shape index (κ3) is 6.72. The zero-order valence-corrected chi connectivity index (χ0v) is 23.5. The van der Waals surface area contributed by atoms with Gasteiger partial charge < -0.3 is 14.8 Å². The van der Waals surface area contributed by atoms with E-state index in [-0.39, 0.29) is 11.4 Å². The van der Waals surface area contributed by atoms with Gasteiger partial charge in [-0.25, -0.2) is 0 Å². The first-order valence-corrected chi connectivity index (χ1v) is 13.3. The minimum atomic E-state index is -0.510. The number of rotatable bonds is 8. The first-order chi connectivity index (χ1) is 17.7. The number of imide groups is 1. The first kappa shape index (κ1) is 26.7. The number of anilines is 1. The lowest BCUT2D eigenvalue weighted by Gasteiger charge is -2.14. The quantitative estimate of drug-likeness (QED) is 0.237. The SMILES string of the molecule is COc1cc(/C=C2\SC(=O)N(CC(=O)Nc3ccc(C)cc3C)C2=O)ccc1OCc1ccc(I)cc1. The Bertz CT molecular complexity index is 1390. The molecule has 1 aliphatic rings. The molecule has 0 aromatic heterocycles. The number of methoxy groups -OCH3 is 1. The normalized spacial score (nSPS) is 14.3. The van der Waals surface area contributed by atoms with E-state index in [1.807, 2.05) is 50.2 Å². The van der Waals surface area contributed by atoms with Crippen molar-refractivity contribution in [1.29, 1.82) is 0 Å². The lowest BCUT2D eigenvalue weighted by atomic mass is 10.1. The predicted octanol–water partition coefficient (Wildman–Crippen LogP) is 6.17. The number of hydrogen-bond donors (Lipinski definition) is 1. The van der Waals surface area contributed by atoms with Crippen LogP contribution in [0.2, 0.25) is 0 Å². The van der Waals surface area contributed by atoms with E-state index >= 15 is 0 Å². The Labute approximate surface area is 233 Å². The number of halogens is 1. The Morgan fingerprint density at radius 3 is 2.49 bits per heavy atom. The van der Waals surface area contributed by atoms with Crippen LogP contribution in [0.15, 0.2) is 65.6 Å². The van der Waals surface area contributed by atoms with E-state index in [0.29, 0.717) is 29.4 Å². The number of benzene rings is 3. The number of nitrogens with zero attached hydrogens (tertiary/aromatic N) is 1. The molecule has 0 radical (unpaired) electrons. The Kier molecular flexibility index (Phi) is 8.55.